The van der Waals surface area contributed by atoms with Gasteiger partial charge in [0, 0.05) is 25.1 Å². The van der Waals surface area contributed by atoms with Crippen molar-refractivity contribution >= 4 is 11.9 Å². The molecule has 0 aromatic heterocycles. The first-order chi connectivity index (χ1) is 16.3. The maximum absolute atomic E-state index is 12.6. The van der Waals surface area contributed by atoms with Crippen molar-refractivity contribution in [2.24, 2.45) is 5.92 Å². The molecule has 2 aromatic rings. The van der Waals surface area contributed by atoms with Crippen LogP contribution in [0, 0.1) is 5.92 Å². The van der Waals surface area contributed by atoms with Gasteiger partial charge in [0.1, 0.15) is 18.4 Å². The van der Waals surface area contributed by atoms with Crippen LogP contribution in [0.1, 0.15) is 54.2 Å². The van der Waals surface area contributed by atoms with Crippen LogP contribution in [0.5, 0.6) is 5.75 Å². The Kier molecular flexibility index (Phi) is 9.48. The molecule has 2 aromatic carbocycles. The van der Waals surface area contributed by atoms with E-state index in [1.165, 1.54) is 12.5 Å². The molecule has 2 bridgehead atoms. The second-order valence-electron chi connectivity index (χ2n) is 9.27. The van der Waals surface area contributed by atoms with Crippen LogP contribution >= 0.6 is 0 Å². The van der Waals surface area contributed by atoms with Crippen molar-refractivity contribution in [3.05, 3.63) is 64.7 Å². The fourth-order valence-electron chi connectivity index (χ4n) is 3.87. The van der Waals surface area contributed by atoms with Gasteiger partial charge in [-0.2, -0.15) is 0 Å². The maximum Gasteiger partial charge on any atom is 0.325 e. The van der Waals surface area contributed by atoms with Crippen molar-refractivity contribution in [1.29, 1.82) is 0 Å². The van der Waals surface area contributed by atoms with Gasteiger partial charge < -0.3 is 19.9 Å². The van der Waals surface area contributed by atoms with Crippen molar-refractivity contribution in [2.75, 3.05) is 32.9 Å². The largest absolute Gasteiger partial charge is 0.491 e. The third-order valence-electron chi connectivity index (χ3n) is 5.89. The second kappa shape index (κ2) is 12.5. The lowest BCUT2D eigenvalue weighted by molar-refractivity contribution is -0.138. The Bertz CT molecular complexity index is 975. The summed E-state index contributed by atoms with van der Waals surface area (Å²) in [6, 6.07) is 12.8. The zero-order chi connectivity index (χ0) is 24.5. The number of carboxylic acids is 1. The number of hydrogen-bond acceptors (Lipinski definition) is 5. The van der Waals surface area contributed by atoms with E-state index in [0.29, 0.717) is 43.5 Å². The molecule has 1 atom stereocenters. The predicted molar refractivity (Wildman–Crippen MR) is 131 cm³/mol. The first kappa shape index (κ1) is 25.7. The molecule has 7 nitrogen and oxygen atoms in total. The van der Waals surface area contributed by atoms with Gasteiger partial charge in [0.15, 0.2) is 0 Å². The van der Waals surface area contributed by atoms with E-state index in [9.17, 15) is 9.59 Å². The predicted octanol–water partition coefficient (Wildman–Crippen LogP) is 3.74. The van der Waals surface area contributed by atoms with Crippen molar-refractivity contribution in [3.8, 4) is 5.75 Å². The number of benzene rings is 2. The Morgan fingerprint density at radius 1 is 1.06 bits per heavy atom. The SMILES string of the molecule is CC(C)CCN1CCOCCOc2ccc(C(=O)NC(C)C(=O)O)cc2Cc2cccc(c2)C1. The van der Waals surface area contributed by atoms with E-state index in [1.807, 2.05) is 0 Å². The van der Waals surface area contributed by atoms with Gasteiger partial charge >= 0.3 is 5.97 Å². The molecule has 0 spiro atoms. The van der Waals surface area contributed by atoms with Gasteiger partial charge in [-0.1, -0.05) is 38.1 Å². The number of carbonyl (C=O) groups excluding carboxylic acids is 1. The lowest BCUT2D eigenvalue weighted by Crippen LogP contribution is -2.38. The average Bonchev–Trinajstić information content (AvgIpc) is 2.79. The highest BCUT2D eigenvalue weighted by Gasteiger charge is 2.17. The summed E-state index contributed by atoms with van der Waals surface area (Å²) in [6.45, 7) is 10.2. The zero-order valence-electron chi connectivity index (χ0n) is 20.4. The summed E-state index contributed by atoms with van der Waals surface area (Å²) >= 11 is 0. The standard InChI is InChI=1S/C27H36N2O5/c1-19(2)9-10-29-11-12-33-13-14-34-25-8-7-23(26(30)28-20(3)27(31)32)17-24(25)16-21-5-4-6-22(15-21)18-29/h4-8,15,17,19-20H,9-14,16,18H2,1-3H3,(H,28,30)(H,31,32). The van der Waals surface area contributed by atoms with E-state index in [1.54, 1.807) is 18.2 Å². The molecule has 1 aliphatic rings. The van der Waals surface area contributed by atoms with E-state index in [0.717, 1.165) is 37.2 Å². The molecule has 0 saturated heterocycles. The normalized spacial score (nSPS) is 16.1. The van der Waals surface area contributed by atoms with Crippen LogP contribution in [-0.2, 0) is 22.5 Å². The maximum atomic E-state index is 12.6. The lowest BCUT2D eigenvalue weighted by atomic mass is 9.99. The fourth-order valence-corrected chi connectivity index (χ4v) is 3.87. The lowest BCUT2D eigenvalue weighted by Gasteiger charge is -2.24. The van der Waals surface area contributed by atoms with E-state index in [-0.39, 0.29) is 0 Å². The Hall–Kier alpha value is -2.90. The molecule has 1 heterocycles. The van der Waals surface area contributed by atoms with E-state index < -0.39 is 17.9 Å². The topological polar surface area (TPSA) is 88.1 Å². The molecule has 0 saturated carbocycles. The monoisotopic (exact) mass is 468 g/mol. The number of fused-ring (bicyclic) bond motifs is 3. The van der Waals surface area contributed by atoms with Gasteiger partial charge in [-0.3, -0.25) is 14.5 Å². The van der Waals surface area contributed by atoms with Crippen LogP contribution in [0.15, 0.2) is 42.5 Å². The number of ether oxygens (including phenoxy) is 2. The van der Waals surface area contributed by atoms with E-state index in [2.05, 4.69) is 48.3 Å². The summed E-state index contributed by atoms with van der Waals surface area (Å²) in [5.74, 6) is -0.146. The Morgan fingerprint density at radius 3 is 2.62 bits per heavy atom. The molecule has 1 aliphatic heterocycles. The summed E-state index contributed by atoms with van der Waals surface area (Å²) in [7, 11) is 0. The number of carboxylic acid groups (broad SMARTS) is 1. The summed E-state index contributed by atoms with van der Waals surface area (Å²) in [4.78, 5) is 26.1. The smallest absolute Gasteiger partial charge is 0.325 e. The highest BCUT2D eigenvalue weighted by molar-refractivity contribution is 5.96. The highest BCUT2D eigenvalue weighted by Crippen LogP contribution is 2.25. The number of aliphatic carboxylic acids is 1. The van der Waals surface area contributed by atoms with Crippen LogP contribution in [0.25, 0.3) is 0 Å². The number of carbonyl (C=O) groups is 2. The molecule has 2 N–H and O–H groups in total. The second-order valence-corrected chi connectivity index (χ2v) is 9.27. The van der Waals surface area contributed by atoms with Crippen molar-refractivity contribution in [3.63, 3.8) is 0 Å². The van der Waals surface area contributed by atoms with Crippen molar-refractivity contribution in [2.45, 2.75) is 46.2 Å². The first-order valence-corrected chi connectivity index (χ1v) is 12.0. The summed E-state index contributed by atoms with van der Waals surface area (Å²) in [5, 5.41) is 11.6. The molecule has 1 unspecified atom stereocenters. The highest BCUT2D eigenvalue weighted by atomic mass is 16.5. The van der Waals surface area contributed by atoms with Gasteiger partial charge in [-0.05, 0) is 60.7 Å². The van der Waals surface area contributed by atoms with Crippen LogP contribution in [0.4, 0.5) is 0 Å². The van der Waals surface area contributed by atoms with Gasteiger partial charge in [-0.15, -0.1) is 0 Å². The summed E-state index contributed by atoms with van der Waals surface area (Å²) in [6.07, 6.45) is 1.74. The van der Waals surface area contributed by atoms with Crippen LogP contribution in [0.2, 0.25) is 0 Å². The fraction of sp³-hybridized carbons (Fsp3) is 0.481. The first-order valence-electron chi connectivity index (χ1n) is 12.0. The van der Waals surface area contributed by atoms with Gasteiger partial charge in [-0.25, -0.2) is 0 Å². The molecule has 1 amide bonds. The van der Waals surface area contributed by atoms with E-state index >= 15 is 0 Å². The minimum absolute atomic E-state index is 0.406. The molecule has 0 radical (unpaired) electrons. The van der Waals surface area contributed by atoms with Crippen LogP contribution in [-0.4, -0.2) is 60.8 Å². The Balaban J connectivity index is 1.85. The third-order valence-corrected chi connectivity index (χ3v) is 5.89. The molecule has 3 rings (SSSR count). The van der Waals surface area contributed by atoms with Crippen molar-refractivity contribution < 1.29 is 24.2 Å². The van der Waals surface area contributed by atoms with Crippen LogP contribution < -0.4 is 10.1 Å². The Morgan fingerprint density at radius 2 is 1.85 bits per heavy atom. The number of hydrogen-bond donors (Lipinski definition) is 2. The molecule has 34 heavy (non-hydrogen) atoms. The average molecular weight is 469 g/mol. The third kappa shape index (κ3) is 7.85. The number of nitrogens with zero attached hydrogens (tertiary/aromatic N) is 1. The molecular formula is C27H36N2O5. The van der Waals surface area contributed by atoms with E-state index in [4.69, 9.17) is 14.6 Å². The molecule has 0 fully saturated rings. The minimum Gasteiger partial charge on any atom is -0.491 e. The zero-order valence-corrected chi connectivity index (χ0v) is 20.4. The number of amides is 1. The number of rotatable bonds is 6. The minimum atomic E-state index is -1.07. The van der Waals surface area contributed by atoms with Gasteiger partial charge in [0.25, 0.3) is 5.91 Å². The number of nitrogens with one attached hydrogen (secondary N) is 1. The molecule has 0 aliphatic carbocycles. The Labute approximate surface area is 202 Å². The van der Waals surface area contributed by atoms with Gasteiger partial charge in [0.2, 0.25) is 0 Å². The van der Waals surface area contributed by atoms with Crippen LogP contribution in [0.3, 0.4) is 0 Å². The molecule has 7 heteroatoms. The summed E-state index contributed by atoms with van der Waals surface area (Å²) < 4.78 is 11.8. The molecular weight excluding hydrogens is 432 g/mol. The summed E-state index contributed by atoms with van der Waals surface area (Å²) in [5.41, 5.74) is 3.66. The van der Waals surface area contributed by atoms with Gasteiger partial charge in [0.05, 0.1) is 13.2 Å². The van der Waals surface area contributed by atoms with Crippen molar-refractivity contribution in [1.82, 2.24) is 10.2 Å². The quantitative estimate of drug-likeness (QED) is 0.672. The molecule has 184 valence electrons.